The number of ether oxygens (including phenoxy) is 1. The van der Waals surface area contributed by atoms with Crippen molar-refractivity contribution in [3.8, 4) is 0 Å². The van der Waals surface area contributed by atoms with Gasteiger partial charge >= 0.3 is 0 Å². The normalized spacial score (nSPS) is 21.1. The summed E-state index contributed by atoms with van der Waals surface area (Å²) in [4.78, 5) is 12.3. The molecule has 1 atom stereocenters. The van der Waals surface area contributed by atoms with Crippen LogP contribution in [0.3, 0.4) is 0 Å². The maximum Gasteiger partial charge on any atom is 0.232 e. The summed E-state index contributed by atoms with van der Waals surface area (Å²) < 4.78 is 5.24. The first-order chi connectivity index (χ1) is 7.50. The number of nitrogens with one attached hydrogen (secondary N) is 1. The average molecular weight is 244 g/mol. The Labute approximate surface area is 102 Å². The summed E-state index contributed by atoms with van der Waals surface area (Å²) in [6.07, 6.45) is 2.35. The molecule has 1 heterocycles. The summed E-state index contributed by atoms with van der Waals surface area (Å²) >= 11 is 4.97. The fourth-order valence-electron chi connectivity index (χ4n) is 1.63. The van der Waals surface area contributed by atoms with Gasteiger partial charge in [0.25, 0.3) is 0 Å². The van der Waals surface area contributed by atoms with Crippen LogP contribution in [0, 0.1) is 5.41 Å². The van der Waals surface area contributed by atoms with Crippen molar-refractivity contribution < 1.29 is 9.53 Å². The first-order valence-electron chi connectivity index (χ1n) is 5.69. The van der Waals surface area contributed by atoms with Gasteiger partial charge in [-0.25, -0.2) is 0 Å². The molecule has 4 nitrogen and oxygen atoms in total. The van der Waals surface area contributed by atoms with Crippen LogP contribution in [0.4, 0.5) is 0 Å². The molecule has 1 saturated heterocycles. The molecule has 0 aromatic heterocycles. The van der Waals surface area contributed by atoms with Crippen LogP contribution < -0.4 is 11.1 Å². The van der Waals surface area contributed by atoms with Gasteiger partial charge in [-0.05, 0) is 26.2 Å². The predicted octanol–water partition coefficient (Wildman–Crippen LogP) is 0.984. The zero-order chi connectivity index (χ0) is 12.2. The zero-order valence-corrected chi connectivity index (χ0v) is 10.7. The molecule has 1 aliphatic rings. The van der Waals surface area contributed by atoms with Crippen molar-refractivity contribution in [2.24, 2.45) is 11.1 Å². The van der Waals surface area contributed by atoms with E-state index in [1.165, 1.54) is 0 Å². The minimum atomic E-state index is -0.729. The molecule has 0 aromatic rings. The van der Waals surface area contributed by atoms with Crippen LogP contribution >= 0.6 is 12.2 Å². The lowest BCUT2D eigenvalue weighted by Crippen LogP contribution is -2.50. The number of nitrogens with two attached hydrogens (primary N) is 1. The Bertz CT molecular complexity index is 277. The van der Waals surface area contributed by atoms with Crippen molar-refractivity contribution in [1.82, 2.24) is 5.32 Å². The van der Waals surface area contributed by atoms with E-state index in [0.717, 1.165) is 12.8 Å². The van der Waals surface area contributed by atoms with Crippen LogP contribution in [-0.2, 0) is 9.53 Å². The molecule has 1 rings (SSSR count). The number of carbonyl (C=O) groups excluding carboxylic acids is 1. The van der Waals surface area contributed by atoms with E-state index in [9.17, 15) is 4.79 Å². The Kier molecular flexibility index (Phi) is 4.68. The Hall–Kier alpha value is -0.680. The highest BCUT2D eigenvalue weighted by atomic mass is 32.1. The second-order valence-electron chi connectivity index (χ2n) is 4.41. The molecular weight excluding hydrogens is 224 g/mol. The lowest BCUT2D eigenvalue weighted by Gasteiger charge is -2.30. The molecular formula is C11H20N2O2S. The van der Waals surface area contributed by atoms with Gasteiger partial charge in [-0.2, -0.15) is 0 Å². The monoisotopic (exact) mass is 244 g/mol. The van der Waals surface area contributed by atoms with E-state index < -0.39 is 5.41 Å². The maximum atomic E-state index is 12.1. The summed E-state index contributed by atoms with van der Waals surface area (Å²) in [6.45, 7) is 5.13. The van der Waals surface area contributed by atoms with E-state index in [0.29, 0.717) is 19.6 Å². The third-order valence-corrected chi connectivity index (χ3v) is 3.76. The third-order valence-electron chi connectivity index (χ3n) is 3.31. The molecule has 16 heavy (non-hydrogen) atoms. The van der Waals surface area contributed by atoms with Gasteiger partial charge in [0, 0.05) is 19.3 Å². The largest absolute Gasteiger partial charge is 0.392 e. The molecule has 1 fully saturated rings. The second-order valence-corrected chi connectivity index (χ2v) is 4.85. The first-order valence-corrected chi connectivity index (χ1v) is 6.10. The molecule has 0 bridgehead atoms. The molecule has 92 valence electrons. The van der Waals surface area contributed by atoms with E-state index in [4.69, 9.17) is 22.7 Å². The molecule has 1 aliphatic heterocycles. The highest BCUT2D eigenvalue weighted by molar-refractivity contribution is 7.80. The van der Waals surface area contributed by atoms with E-state index in [1.54, 1.807) is 6.92 Å². The number of amides is 1. The molecule has 0 aliphatic carbocycles. The molecule has 1 amide bonds. The lowest BCUT2D eigenvalue weighted by atomic mass is 9.86. The van der Waals surface area contributed by atoms with Crippen molar-refractivity contribution in [2.45, 2.75) is 39.2 Å². The maximum absolute atomic E-state index is 12.1. The number of thiocarbonyl (C=S) groups is 1. The summed E-state index contributed by atoms with van der Waals surface area (Å²) in [5.41, 5.74) is 4.90. The molecule has 0 spiro atoms. The molecule has 0 radical (unpaired) electrons. The number of hydrogen-bond donors (Lipinski definition) is 2. The van der Waals surface area contributed by atoms with Crippen LogP contribution in [0.5, 0.6) is 0 Å². The van der Waals surface area contributed by atoms with Gasteiger partial charge < -0.3 is 15.8 Å². The van der Waals surface area contributed by atoms with Gasteiger partial charge in [0.05, 0.1) is 10.4 Å². The standard InChI is InChI=1S/C11H20N2O2S/c1-3-11(2,9(12)16)10(14)13-8-4-6-15-7-5-8/h8H,3-7H2,1-2H3,(H2,12,16)(H,13,14). The van der Waals surface area contributed by atoms with Gasteiger partial charge in [-0.15, -0.1) is 0 Å². The summed E-state index contributed by atoms with van der Waals surface area (Å²) in [7, 11) is 0. The number of carbonyl (C=O) groups is 1. The minimum absolute atomic E-state index is 0.0607. The van der Waals surface area contributed by atoms with Crippen LogP contribution in [-0.4, -0.2) is 30.2 Å². The van der Waals surface area contributed by atoms with Gasteiger partial charge in [0.1, 0.15) is 0 Å². The quantitative estimate of drug-likeness (QED) is 0.724. The highest BCUT2D eigenvalue weighted by Crippen LogP contribution is 2.22. The second kappa shape index (κ2) is 5.59. The van der Waals surface area contributed by atoms with Gasteiger partial charge in [0.2, 0.25) is 5.91 Å². The van der Waals surface area contributed by atoms with Gasteiger partial charge in [-0.3, -0.25) is 4.79 Å². The van der Waals surface area contributed by atoms with Crippen LogP contribution in [0.1, 0.15) is 33.1 Å². The van der Waals surface area contributed by atoms with Crippen molar-refractivity contribution in [2.75, 3.05) is 13.2 Å². The Morgan fingerprint density at radius 2 is 2.12 bits per heavy atom. The van der Waals surface area contributed by atoms with E-state index >= 15 is 0 Å². The fraction of sp³-hybridized carbons (Fsp3) is 0.818. The van der Waals surface area contributed by atoms with Gasteiger partial charge in [0.15, 0.2) is 0 Å². The van der Waals surface area contributed by atoms with E-state index in [1.807, 2.05) is 6.92 Å². The number of hydrogen-bond acceptors (Lipinski definition) is 3. The van der Waals surface area contributed by atoms with Crippen molar-refractivity contribution in [3.05, 3.63) is 0 Å². The molecule has 0 aromatic carbocycles. The lowest BCUT2D eigenvalue weighted by molar-refractivity contribution is -0.128. The predicted molar refractivity (Wildman–Crippen MR) is 67.2 cm³/mol. The topological polar surface area (TPSA) is 64.3 Å². The Morgan fingerprint density at radius 3 is 2.56 bits per heavy atom. The molecule has 5 heteroatoms. The van der Waals surface area contributed by atoms with E-state index in [-0.39, 0.29) is 16.9 Å². The Balaban J connectivity index is 2.58. The first kappa shape index (κ1) is 13.4. The van der Waals surface area contributed by atoms with Crippen LogP contribution in [0.2, 0.25) is 0 Å². The van der Waals surface area contributed by atoms with Crippen molar-refractivity contribution >= 4 is 23.1 Å². The smallest absolute Gasteiger partial charge is 0.232 e. The minimum Gasteiger partial charge on any atom is -0.392 e. The van der Waals surface area contributed by atoms with Crippen molar-refractivity contribution in [3.63, 3.8) is 0 Å². The highest BCUT2D eigenvalue weighted by Gasteiger charge is 2.35. The summed E-state index contributed by atoms with van der Waals surface area (Å²) in [5, 5.41) is 3.01. The number of rotatable bonds is 4. The van der Waals surface area contributed by atoms with Crippen molar-refractivity contribution in [1.29, 1.82) is 0 Å². The van der Waals surface area contributed by atoms with Crippen LogP contribution in [0.25, 0.3) is 0 Å². The van der Waals surface area contributed by atoms with E-state index in [2.05, 4.69) is 5.32 Å². The van der Waals surface area contributed by atoms with Crippen LogP contribution in [0.15, 0.2) is 0 Å². The fourth-order valence-corrected chi connectivity index (χ4v) is 1.87. The SMILES string of the molecule is CCC(C)(C(=O)NC1CCOCC1)C(N)=S. The third kappa shape index (κ3) is 2.92. The average Bonchev–Trinajstić information content (AvgIpc) is 2.28. The summed E-state index contributed by atoms with van der Waals surface area (Å²) in [5.74, 6) is -0.0607. The van der Waals surface area contributed by atoms with Gasteiger partial charge in [-0.1, -0.05) is 19.1 Å². The summed E-state index contributed by atoms with van der Waals surface area (Å²) in [6, 6.07) is 0.196. The molecule has 3 N–H and O–H groups in total. The molecule has 0 saturated carbocycles. The zero-order valence-electron chi connectivity index (χ0n) is 9.91. The Morgan fingerprint density at radius 1 is 1.56 bits per heavy atom. The molecule has 1 unspecified atom stereocenters.